The van der Waals surface area contributed by atoms with Crippen LogP contribution in [0.4, 0.5) is 0 Å². The highest BCUT2D eigenvalue weighted by Gasteiger charge is 1.98. The van der Waals surface area contributed by atoms with Gasteiger partial charge >= 0.3 is 5.97 Å². The number of carbonyl (C=O) groups is 1. The van der Waals surface area contributed by atoms with Crippen molar-refractivity contribution in [2.24, 2.45) is 0 Å². The van der Waals surface area contributed by atoms with Gasteiger partial charge in [0.2, 0.25) is 0 Å². The van der Waals surface area contributed by atoms with Gasteiger partial charge in [-0.25, -0.2) is 0 Å². The first-order chi connectivity index (χ1) is 30.9. The van der Waals surface area contributed by atoms with E-state index in [9.17, 15) is 4.79 Å². The molecule has 0 radical (unpaired) electrons. The Morgan fingerprint density at radius 3 is 0.318 bits per heavy atom. The highest BCUT2D eigenvalue weighted by Crippen LogP contribution is 1.82. The highest BCUT2D eigenvalue weighted by molar-refractivity contribution is 5.66. The largest absolute Gasteiger partial charge is 0.481 e. The highest BCUT2D eigenvalue weighted by atomic mass is 16.4. The van der Waals surface area contributed by atoms with Crippen molar-refractivity contribution in [3.05, 3.63) is 0 Å². The Kier molecular flexibility index (Phi) is 119. The Morgan fingerprint density at radius 1 is 0.242 bits per heavy atom. The number of aliphatic carboxylic acids is 1. The Balaban J connectivity index is -0.0000000560. The minimum Gasteiger partial charge on any atom is -0.481 e. The molecule has 0 aromatic carbocycles. The summed E-state index contributed by atoms with van der Waals surface area (Å²) in [6.07, 6.45) is -8.51. The van der Waals surface area contributed by atoms with Crippen molar-refractivity contribution in [1.82, 2.24) is 0 Å². The second kappa shape index (κ2) is 86.5. The molecule has 0 spiro atoms. The van der Waals surface area contributed by atoms with Gasteiger partial charge in [0.05, 0.1) is 132 Å². The SMILES string of the molecule is CCCC(=O)O.OCC(O)CO.OCC(O)CO.OCC(O)CO.OCC(O)CO.OCC(O)CO.OCC(O)CO.OCC(O)CO.OCC(O)CO.OCC(O)CO.OCC(O)CO. The topological polar surface area (TPSA) is 644 Å². The fourth-order valence-corrected chi connectivity index (χ4v) is 0.791. The summed E-state index contributed by atoms with van der Waals surface area (Å²) in [5.74, 6) is -0.711. The van der Waals surface area contributed by atoms with Crippen LogP contribution in [0.1, 0.15) is 19.8 Å². The van der Waals surface area contributed by atoms with Crippen molar-refractivity contribution in [2.45, 2.75) is 80.8 Å². The van der Waals surface area contributed by atoms with Gasteiger partial charge in [0.15, 0.2) is 0 Å². The summed E-state index contributed by atoms with van der Waals surface area (Å²) in [7, 11) is 0. The normalized spacial score (nSPS) is 9.83. The first kappa shape index (κ1) is 90.7. The first-order valence-electron chi connectivity index (χ1n) is 19.1. The summed E-state index contributed by atoms with van der Waals surface area (Å²) in [5, 5.41) is 248. The van der Waals surface area contributed by atoms with Crippen LogP contribution in [0.5, 0.6) is 0 Å². The van der Waals surface area contributed by atoms with Crippen molar-refractivity contribution in [3.8, 4) is 0 Å². The van der Waals surface area contributed by atoms with Gasteiger partial charge in [-0.15, -0.1) is 0 Å². The lowest BCUT2D eigenvalue weighted by molar-refractivity contribution is -0.137. The fraction of sp³-hybridized carbons (Fsp3) is 0.971. The van der Waals surface area contributed by atoms with Crippen molar-refractivity contribution in [2.75, 3.05) is 132 Å². The van der Waals surface area contributed by atoms with Crippen LogP contribution < -0.4 is 0 Å². The molecule has 31 N–H and O–H groups in total. The molecule has 0 aromatic heterocycles. The van der Waals surface area contributed by atoms with Crippen LogP contribution in [0.15, 0.2) is 0 Å². The van der Waals surface area contributed by atoms with Gasteiger partial charge in [0, 0.05) is 6.42 Å². The summed E-state index contributed by atoms with van der Waals surface area (Å²) in [5.41, 5.74) is 0. The zero-order valence-electron chi connectivity index (χ0n) is 37.1. The minimum absolute atomic E-state index is 0.292. The minimum atomic E-state index is -0.954. The van der Waals surface area contributed by atoms with Crippen molar-refractivity contribution < 1.29 is 163 Å². The number of aliphatic hydroxyl groups excluding tert-OH is 30. The van der Waals surface area contributed by atoms with Crippen LogP contribution in [-0.4, -0.2) is 357 Å². The van der Waals surface area contributed by atoms with E-state index >= 15 is 0 Å². The molecule has 32 heteroatoms. The number of hydrogen-bond acceptors (Lipinski definition) is 31. The molecule has 0 aromatic rings. The molecular formula is C34H88O32. The third kappa shape index (κ3) is 137. The zero-order chi connectivity index (χ0) is 54.9. The van der Waals surface area contributed by atoms with Crippen molar-refractivity contribution >= 4 is 5.97 Å². The Hall–Kier alpha value is -1.73. The van der Waals surface area contributed by atoms with Gasteiger partial charge in [-0.05, 0) is 6.42 Å². The maximum absolute atomic E-state index is 9.60. The molecule has 0 aliphatic carbocycles. The van der Waals surface area contributed by atoms with Gasteiger partial charge in [0.25, 0.3) is 0 Å². The molecule has 32 nitrogen and oxygen atoms in total. The van der Waals surface area contributed by atoms with Crippen molar-refractivity contribution in [1.29, 1.82) is 0 Å². The molecule has 0 atom stereocenters. The van der Waals surface area contributed by atoms with Gasteiger partial charge in [-0.1, -0.05) is 6.92 Å². The Morgan fingerprint density at radius 2 is 0.318 bits per heavy atom. The van der Waals surface area contributed by atoms with E-state index in [-0.39, 0.29) is 132 Å². The molecule has 0 rings (SSSR count). The number of hydrogen-bond donors (Lipinski definition) is 31. The predicted octanol–water partition coefficient (Wildman–Crippen LogP) is -15.8. The second-order valence-electron chi connectivity index (χ2n) is 11.3. The lowest BCUT2D eigenvalue weighted by atomic mass is 10.4. The zero-order valence-corrected chi connectivity index (χ0v) is 37.1. The third-order valence-electron chi connectivity index (χ3n) is 4.68. The number of aliphatic hydroxyl groups is 30. The Labute approximate surface area is 382 Å². The van der Waals surface area contributed by atoms with E-state index in [4.69, 9.17) is 158 Å². The Bertz CT molecular complexity index is 535. The smallest absolute Gasteiger partial charge is 0.303 e. The van der Waals surface area contributed by atoms with Crippen LogP contribution in [-0.2, 0) is 4.79 Å². The number of carboxylic acids is 1. The molecule has 66 heavy (non-hydrogen) atoms. The average Bonchev–Trinajstić information content (AvgIpc) is 3.37. The summed E-state index contributed by atoms with van der Waals surface area (Å²) in [6, 6.07) is 0. The van der Waals surface area contributed by atoms with Gasteiger partial charge < -0.3 is 158 Å². The molecule has 0 aliphatic heterocycles. The molecule has 0 heterocycles. The molecule has 0 fully saturated rings. The van der Waals surface area contributed by atoms with Gasteiger partial charge in [-0.2, -0.15) is 0 Å². The molecule has 416 valence electrons. The number of rotatable bonds is 22. The van der Waals surface area contributed by atoms with E-state index in [0.29, 0.717) is 6.42 Å². The van der Waals surface area contributed by atoms with Crippen LogP contribution in [0, 0.1) is 0 Å². The summed E-state index contributed by atoms with van der Waals surface area (Å²) in [4.78, 5) is 9.60. The monoisotopic (exact) mass is 1010 g/mol. The molecule has 0 bridgehead atoms. The van der Waals surface area contributed by atoms with Crippen LogP contribution in [0.2, 0.25) is 0 Å². The number of carboxylic acid groups (broad SMARTS) is 1. The van der Waals surface area contributed by atoms with E-state index in [0.717, 1.165) is 6.42 Å². The molecule has 0 saturated carbocycles. The molecule has 0 saturated heterocycles. The van der Waals surface area contributed by atoms with Gasteiger partial charge in [-0.3, -0.25) is 4.79 Å². The van der Waals surface area contributed by atoms with E-state index in [1.807, 2.05) is 6.92 Å². The summed E-state index contributed by atoms with van der Waals surface area (Å²) in [6.45, 7) is -5.45. The van der Waals surface area contributed by atoms with Crippen LogP contribution in [0.25, 0.3) is 0 Å². The fourth-order valence-electron chi connectivity index (χ4n) is 0.791. The maximum atomic E-state index is 9.60. The third-order valence-corrected chi connectivity index (χ3v) is 4.68. The predicted molar refractivity (Wildman–Crippen MR) is 224 cm³/mol. The van der Waals surface area contributed by atoms with E-state index in [1.54, 1.807) is 0 Å². The van der Waals surface area contributed by atoms with Crippen LogP contribution >= 0.6 is 0 Å². The molecule has 0 unspecified atom stereocenters. The quantitative estimate of drug-likeness (QED) is 0.0479. The summed E-state index contributed by atoms with van der Waals surface area (Å²) < 4.78 is 0. The average molecular weight is 1010 g/mol. The molecular weight excluding hydrogens is 920 g/mol. The molecule has 0 amide bonds. The van der Waals surface area contributed by atoms with Crippen LogP contribution in [0.3, 0.4) is 0 Å². The summed E-state index contributed by atoms with van der Waals surface area (Å²) >= 11 is 0. The van der Waals surface area contributed by atoms with E-state index in [2.05, 4.69) is 0 Å². The van der Waals surface area contributed by atoms with Crippen molar-refractivity contribution in [3.63, 3.8) is 0 Å². The lowest BCUT2D eigenvalue weighted by Crippen LogP contribution is -2.15. The lowest BCUT2D eigenvalue weighted by Gasteiger charge is -1.96. The first-order valence-corrected chi connectivity index (χ1v) is 19.1. The van der Waals surface area contributed by atoms with E-state index < -0.39 is 67.0 Å². The van der Waals surface area contributed by atoms with Gasteiger partial charge in [0.1, 0.15) is 61.0 Å². The standard InChI is InChI=1S/C4H8O2.10C3H8O3/c1-2-3-4(5)6;10*4-1-3(6)2-5/h2-3H2,1H3,(H,5,6);10*3-6H,1-2H2. The van der Waals surface area contributed by atoms with E-state index in [1.165, 1.54) is 0 Å². The second-order valence-corrected chi connectivity index (χ2v) is 11.3. The molecule has 0 aliphatic rings. The maximum Gasteiger partial charge on any atom is 0.303 e.